The number of ether oxygens (including phenoxy) is 1. The molecule has 0 bridgehead atoms. The molecule has 3 rings (SSSR count). The van der Waals surface area contributed by atoms with E-state index in [1.54, 1.807) is 0 Å². The van der Waals surface area contributed by atoms with E-state index < -0.39 is 96.5 Å². The molecular weight excluding hydrogens is 851 g/mol. The summed E-state index contributed by atoms with van der Waals surface area (Å²) in [6, 6.07) is -0.893. The van der Waals surface area contributed by atoms with Crippen molar-refractivity contribution in [1.82, 2.24) is 30.2 Å². The van der Waals surface area contributed by atoms with Crippen molar-refractivity contribution < 1.29 is 85.3 Å². The summed E-state index contributed by atoms with van der Waals surface area (Å²) in [5, 5.41) is 25.8. The second kappa shape index (κ2) is 20.3. The fourth-order valence-electron chi connectivity index (χ4n) is 4.80. The lowest BCUT2D eigenvalue weighted by Gasteiger charge is -2.30. The molecule has 3 amide bonds. The number of amides is 3. The first kappa shape index (κ1) is 48.4. The highest BCUT2D eigenvalue weighted by molar-refractivity contribution is 8.13. The van der Waals surface area contributed by atoms with Gasteiger partial charge in [0.2, 0.25) is 22.8 Å². The summed E-state index contributed by atoms with van der Waals surface area (Å²) in [7, 11) is -16.4. The Hall–Kier alpha value is -3.01. The fourth-order valence-corrected chi connectivity index (χ4v) is 8.37. The van der Waals surface area contributed by atoms with Crippen LogP contribution in [-0.4, -0.2) is 135 Å². The number of rotatable bonds is 23. The van der Waals surface area contributed by atoms with Crippen molar-refractivity contribution in [3.8, 4) is 0 Å². The number of phosphoric ester groups is 3. The number of nitrogen functional groups attached to an aromatic ring is 1. The van der Waals surface area contributed by atoms with Crippen molar-refractivity contribution in [2.24, 2.45) is 16.9 Å². The molecule has 27 nitrogen and oxygen atoms in total. The van der Waals surface area contributed by atoms with Crippen molar-refractivity contribution in [3.05, 3.63) is 12.7 Å². The third-order valence-electron chi connectivity index (χ3n) is 7.75. The molecule has 0 saturated carbocycles. The molecule has 1 saturated heterocycles. The monoisotopic (exact) mass is 895 g/mol. The number of aliphatic hydroxyl groups is 2. The average molecular weight is 896 g/mol. The van der Waals surface area contributed by atoms with Gasteiger partial charge in [-0.05, 0) is 6.42 Å². The molecule has 8 atom stereocenters. The van der Waals surface area contributed by atoms with Crippen LogP contribution in [0.5, 0.6) is 0 Å². The van der Waals surface area contributed by atoms with Gasteiger partial charge in [-0.1, -0.05) is 25.6 Å². The molecule has 322 valence electrons. The highest BCUT2D eigenvalue weighted by Crippen LogP contribution is 2.61. The molecular formula is C26H44N9O18P3S. The van der Waals surface area contributed by atoms with Gasteiger partial charge in [0.25, 0.3) is 0 Å². The van der Waals surface area contributed by atoms with E-state index >= 15 is 0 Å². The zero-order valence-electron chi connectivity index (χ0n) is 30.1. The van der Waals surface area contributed by atoms with Crippen LogP contribution in [-0.2, 0) is 55.5 Å². The van der Waals surface area contributed by atoms with E-state index in [-0.39, 0.29) is 60.2 Å². The van der Waals surface area contributed by atoms with Crippen LogP contribution in [0.3, 0.4) is 0 Å². The molecule has 1 aliphatic rings. The number of phosphoric acid groups is 3. The summed E-state index contributed by atoms with van der Waals surface area (Å²) in [6.07, 6.45) is -7.05. The molecule has 0 aromatic carbocycles. The maximum absolute atomic E-state index is 12.7. The van der Waals surface area contributed by atoms with E-state index in [1.165, 1.54) is 13.8 Å². The largest absolute Gasteiger partial charge is 0.481 e. The van der Waals surface area contributed by atoms with E-state index in [2.05, 4.69) is 34.4 Å². The molecule has 2 unspecified atom stereocenters. The first-order valence-corrected chi connectivity index (χ1v) is 21.9. The fraction of sp³-hybridized carbons (Fsp3) is 0.654. The van der Waals surface area contributed by atoms with Gasteiger partial charge in [0.15, 0.2) is 17.7 Å². The molecule has 2 aromatic rings. The molecule has 0 aliphatic carbocycles. The number of aromatic nitrogens is 4. The maximum Gasteiger partial charge on any atom is 0.481 e. The number of primary amides is 1. The number of nitrogens with two attached hydrogens (primary N) is 3. The van der Waals surface area contributed by atoms with Gasteiger partial charge in [-0.2, -0.15) is 4.31 Å². The number of fused-ring (bicyclic) bond motifs is 1. The summed E-state index contributed by atoms with van der Waals surface area (Å²) >= 11 is 0.853. The van der Waals surface area contributed by atoms with Gasteiger partial charge >= 0.3 is 23.5 Å². The Morgan fingerprint density at radius 3 is 2.35 bits per heavy atom. The number of hydrogen-bond donors (Lipinski definition) is 11. The van der Waals surface area contributed by atoms with Crippen LogP contribution < -0.4 is 27.8 Å². The zero-order chi connectivity index (χ0) is 42.9. The lowest BCUT2D eigenvalue weighted by molar-refractivity contribution is -0.137. The van der Waals surface area contributed by atoms with Crippen LogP contribution >= 0.6 is 35.2 Å². The molecule has 1 fully saturated rings. The van der Waals surface area contributed by atoms with Crippen molar-refractivity contribution in [2.45, 2.75) is 69.8 Å². The third kappa shape index (κ3) is 15.0. The molecule has 1 aliphatic heterocycles. The topological polar surface area (TPSA) is 433 Å². The van der Waals surface area contributed by atoms with Crippen LogP contribution in [0.4, 0.5) is 5.82 Å². The minimum atomic E-state index is -5.59. The second-order valence-corrected chi connectivity index (χ2v) is 18.2. The standard InChI is InChI=1S/C26H44N9O18P3S/c1-26(2,20(39)23(40)31-6-5-16(37)30-7-8-57-25(41)13(27)3-4-15(28)36)10-50-56(47,48)53-55(45,46)49-9-14-19(52-54(42,43)44)18(38)24(51-14)35-12-34-17-21(29)32-11-33-22(17)35/h11-14,18-20,24,38-39H,3-10,27H2,1-2H3,(H2,28,36)(H,30,37)(H,31,40)(H,45,46)(H,47,48)(H2,29,32,33)(H2,42,43,44)/t13-,14+,18+,19+,20-,24+/m0/s1. The number of hydrogen-bond acceptors (Lipinski definition) is 20. The van der Waals surface area contributed by atoms with Gasteiger partial charge in [0.1, 0.15) is 36.3 Å². The highest BCUT2D eigenvalue weighted by Gasteiger charge is 2.50. The lowest BCUT2D eigenvalue weighted by Crippen LogP contribution is -2.46. The summed E-state index contributed by atoms with van der Waals surface area (Å²) in [6.45, 7) is 0.214. The molecule has 0 spiro atoms. The van der Waals surface area contributed by atoms with Gasteiger partial charge in [-0.3, -0.25) is 37.3 Å². The van der Waals surface area contributed by atoms with Crippen LogP contribution in [0, 0.1) is 5.41 Å². The average Bonchev–Trinajstić information content (AvgIpc) is 3.66. The van der Waals surface area contributed by atoms with Crippen LogP contribution in [0.2, 0.25) is 0 Å². The maximum atomic E-state index is 12.7. The first-order valence-electron chi connectivity index (χ1n) is 16.4. The summed E-state index contributed by atoms with van der Waals surface area (Å²) < 4.78 is 62.0. The number of nitrogens with one attached hydrogen (secondary N) is 2. The van der Waals surface area contributed by atoms with E-state index in [0.717, 1.165) is 29.0 Å². The SMILES string of the molecule is CC(C)(COP(=O)(O)OP(=O)(O)OC[C@H]1O[C@@H](n2cnc3c(N)ncnc32)[C@H](O)[C@@H]1OP(=O)(O)O)[C@@H](O)C(=O)NCCC(=O)NCCSC(=O)[C@@H](N)CCC(N)=O. The number of imidazole rings is 1. The van der Waals surface area contributed by atoms with Crippen molar-refractivity contribution >= 4 is 75.0 Å². The minimum Gasteiger partial charge on any atom is -0.386 e. The predicted molar refractivity (Wildman–Crippen MR) is 194 cm³/mol. The number of nitrogens with zero attached hydrogens (tertiary/aromatic N) is 4. The van der Waals surface area contributed by atoms with Crippen molar-refractivity contribution in [3.63, 3.8) is 0 Å². The molecule has 3 heterocycles. The quantitative estimate of drug-likeness (QED) is 0.0398. The van der Waals surface area contributed by atoms with Crippen LogP contribution in [0.1, 0.15) is 39.3 Å². The lowest BCUT2D eigenvalue weighted by atomic mass is 9.87. The van der Waals surface area contributed by atoms with Gasteiger partial charge < -0.3 is 62.4 Å². The van der Waals surface area contributed by atoms with Gasteiger partial charge in [-0.25, -0.2) is 28.6 Å². The summed E-state index contributed by atoms with van der Waals surface area (Å²) in [5.41, 5.74) is 14.9. The Kier molecular flexibility index (Phi) is 17.2. The molecule has 57 heavy (non-hydrogen) atoms. The van der Waals surface area contributed by atoms with E-state index in [4.69, 9.17) is 31.0 Å². The Balaban J connectivity index is 1.47. The molecule has 14 N–H and O–H groups in total. The second-order valence-electron chi connectivity index (χ2n) is 12.8. The Labute approximate surface area is 327 Å². The number of carbonyl (C=O) groups is 4. The molecule has 2 aromatic heterocycles. The van der Waals surface area contributed by atoms with Crippen LogP contribution in [0.25, 0.3) is 11.2 Å². The number of anilines is 1. The van der Waals surface area contributed by atoms with Gasteiger partial charge in [-0.15, -0.1) is 0 Å². The van der Waals surface area contributed by atoms with E-state index in [0.29, 0.717) is 0 Å². The normalized spacial score (nSPS) is 22.0. The predicted octanol–water partition coefficient (Wildman–Crippen LogP) is -2.74. The number of aliphatic hydroxyl groups excluding tert-OH is 2. The smallest absolute Gasteiger partial charge is 0.386 e. The Morgan fingerprint density at radius 2 is 1.70 bits per heavy atom. The Morgan fingerprint density at radius 1 is 1.04 bits per heavy atom. The van der Waals surface area contributed by atoms with Gasteiger partial charge in [0.05, 0.1) is 25.6 Å². The van der Waals surface area contributed by atoms with E-state index in [9.17, 15) is 62.7 Å². The minimum absolute atomic E-state index is 0.0200. The molecule has 0 radical (unpaired) electrons. The number of thioether (sulfide) groups is 1. The van der Waals surface area contributed by atoms with Crippen molar-refractivity contribution in [1.29, 1.82) is 0 Å². The van der Waals surface area contributed by atoms with Crippen LogP contribution in [0.15, 0.2) is 12.7 Å². The van der Waals surface area contributed by atoms with E-state index in [1.807, 2.05) is 0 Å². The summed E-state index contributed by atoms with van der Waals surface area (Å²) in [5.74, 6) is -2.00. The zero-order valence-corrected chi connectivity index (χ0v) is 33.6. The number of carbonyl (C=O) groups excluding carboxylic acids is 4. The van der Waals surface area contributed by atoms with Crippen molar-refractivity contribution in [2.75, 3.05) is 37.8 Å². The Bertz CT molecular complexity index is 1900. The molecule has 31 heteroatoms. The summed E-state index contributed by atoms with van der Waals surface area (Å²) in [4.78, 5) is 98.3. The highest BCUT2D eigenvalue weighted by atomic mass is 32.2. The van der Waals surface area contributed by atoms with Gasteiger partial charge in [0, 0.05) is 37.1 Å². The third-order valence-corrected chi connectivity index (χ3v) is 11.8. The first-order chi connectivity index (χ1) is 26.3.